The summed E-state index contributed by atoms with van der Waals surface area (Å²) >= 11 is 0. The van der Waals surface area contributed by atoms with E-state index in [1.54, 1.807) is 12.1 Å². The molecule has 3 heteroatoms. The van der Waals surface area contributed by atoms with E-state index in [2.05, 4.69) is 24.3 Å². The fourth-order valence-electron chi connectivity index (χ4n) is 2.75. The Morgan fingerprint density at radius 1 is 1.33 bits per heavy atom. The first kappa shape index (κ1) is 13.5. The first-order valence-electron chi connectivity index (χ1n) is 6.75. The molecule has 1 heterocycles. The summed E-state index contributed by atoms with van der Waals surface area (Å²) in [6, 6.07) is 6.97. The van der Waals surface area contributed by atoms with Gasteiger partial charge in [-0.2, -0.15) is 0 Å². The zero-order valence-electron chi connectivity index (χ0n) is 11.4. The van der Waals surface area contributed by atoms with E-state index in [-0.39, 0.29) is 11.4 Å². The molecule has 0 saturated carbocycles. The predicted molar refractivity (Wildman–Crippen MR) is 73.2 cm³/mol. The second-order valence-corrected chi connectivity index (χ2v) is 5.46. The van der Waals surface area contributed by atoms with Gasteiger partial charge in [0, 0.05) is 5.54 Å². The molecule has 0 spiro atoms. The largest absolute Gasteiger partial charge is 0.314 e. The predicted octanol–water partition coefficient (Wildman–Crippen LogP) is 2.44. The van der Waals surface area contributed by atoms with Gasteiger partial charge < -0.3 is 10.2 Å². The summed E-state index contributed by atoms with van der Waals surface area (Å²) in [7, 11) is 4.23. The van der Waals surface area contributed by atoms with E-state index in [0.29, 0.717) is 0 Å². The number of hydrogen-bond donors (Lipinski definition) is 1. The number of aryl methyl sites for hydroxylation is 1. The van der Waals surface area contributed by atoms with Crippen LogP contribution in [0, 0.1) is 5.82 Å². The smallest absolute Gasteiger partial charge is 0.123 e. The van der Waals surface area contributed by atoms with Gasteiger partial charge >= 0.3 is 0 Å². The minimum Gasteiger partial charge on any atom is -0.314 e. The van der Waals surface area contributed by atoms with Crippen molar-refractivity contribution in [2.45, 2.75) is 31.2 Å². The van der Waals surface area contributed by atoms with Crippen molar-refractivity contribution >= 4 is 0 Å². The van der Waals surface area contributed by atoms with Crippen LogP contribution in [0.3, 0.4) is 0 Å². The number of hydrogen-bond acceptors (Lipinski definition) is 2. The molecule has 0 unspecified atom stereocenters. The maximum Gasteiger partial charge on any atom is 0.123 e. The maximum absolute atomic E-state index is 13.1. The highest BCUT2D eigenvalue weighted by atomic mass is 19.1. The van der Waals surface area contributed by atoms with Crippen LogP contribution in [-0.2, 0) is 6.42 Å². The third-order valence-electron chi connectivity index (χ3n) is 4.26. The van der Waals surface area contributed by atoms with E-state index >= 15 is 0 Å². The minimum absolute atomic E-state index is 0.130. The molecule has 1 aromatic rings. The number of piperidine rings is 1. The summed E-state index contributed by atoms with van der Waals surface area (Å²) in [5.74, 6) is -0.130. The molecule has 1 N–H and O–H groups in total. The average molecular weight is 250 g/mol. The van der Waals surface area contributed by atoms with E-state index in [0.717, 1.165) is 31.5 Å². The number of benzene rings is 1. The van der Waals surface area contributed by atoms with Gasteiger partial charge in [0.25, 0.3) is 0 Å². The summed E-state index contributed by atoms with van der Waals surface area (Å²) in [5, 5.41) is 3.50. The second-order valence-electron chi connectivity index (χ2n) is 5.46. The SMILES string of the molecule is CNC1(CCc2cccc(F)c2)CCN(C)CC1. The molecule has 1 fully saturated rings. The van der Waals surface area contributed by atoms with Gasteiger partial charge in [0.2, 0.25) is 0 Å². The summed E-state index contributed by atoms with van der Waals surface area (Å²) in [5.41, 5.74) is 1.34. The Balaban J connectivity index is 1.95. The van der Waals surface area contributed by atoms with E-state index in [1.807, 2.05) is 6.07 Å². The number of likely N-dealkylation sites (tertiary alicyclic amines) is 1. The molecule has 1 saturated heterocycles. The monoisotopic (exact) mass is 250 g/mol. The van der Waals surface area contributed by atoms with Gasteiger partial charge in [-0.1, -0.05) is 12.1 Å². The molecule has 0 radical (unpaired) electrons. The lowest BCUT2D eigenvalue weighted by atomic mass is 9.82. The van der Waals surface area contributed by atoms with E-state index in [4.69, 9.17) is 0 Å². The molecular formula is C15H23FN2. The van der Waals surface area contributed by atoms with Crippen molar-refractivity contribution in [1.82, 2.24) is 10.2 Å². The Bertz CT molecular complexity index is 384. The van der Waals surface area contributed by atoms with E-state index in [9.17, 15) is 4.39 Å². The van der Waals surface area contributed by atoms with Crippen molar-refractivity contribution in [3.8, 4) is 0 Å². The highest BCUT2D eigenvalue weighted by molar-refractivity contribution is 5.17. The Morgan fingerprint density at radius 3 is 2.67 bits per heavy atom. The zero-order valence-corrected chi connectivity index (χ0v) is 11.4. The molecule has 18 heavy (non-hydrogen) atoms. The Labute approximate surface area is 109 Å². The first-order valence-corrected chi connectivity index (χ1v) is 6.75. The molecule has 1 aliphatic heterocycles. The summed E-state index contributed by atoms with van der Waals surface area (Å²) in [4.78, 5) is 2.37. The van der Waals surface area contributed by atoms with Crippen LogP contribution < -0.4 is 5.32 Å². The second kappa shape index (κ2) is 5.81. The lowest BCUT2D eigenvalue weighted by molar-refractivity contribution is 0.156. The number of nitrogens with one attached hydrogen (secondary N) is 1. The number of nitrogens with zero attached hydrogens (tertiary/aromatic N) is 1. The van der Waals surface area contributed by atoms with Crippen molar-refractivity contribution in [3.63, 3.8) is 0 Å². The molecule has 0 aromatic heterocycles. The lowest BCUT2D eigenvalue weighted by Crippen LogP contribution is -2.51. The fraction of sp³-hybridized carbons (Fsp3) is 0.600. The average Bonchev–Trinajstić information content (AvgIpc) is 2.39. The Kier molecular flexibility index (Phi) is 4.36. The van der Waals surface area contributed by atoms with Crippen LogP contribution in [0.4, 0.5) is 4.39 Å². The molecule has 100 valence electrons. The molecular weight excluding hydrogens is 227 g/mol. The van der Waals surface area contributed by atoms with Gasteiger partial charge in [-0.15, -0.1) is 0 Å². The topological polar surface area (TPSA) is 15.3 Å². The molecule has 2 nitrogen and oxygen atoms in total. The molecule has 0 bridgehead atoms. The third kappa shape index (κ3) is 3.30. The molecule has 1 aliphatic rings. The number of rotatable bonds is 4. The van der Waals surface area contributed by atoms with Gasteiger partial charge in [0.05, 0.1) is 0 Å². The Morgan fingerprint density at radius 2 is 2.06 bits per heavy atom. The normalized spacial score (nSPS) is 19.9. The molecule has 0 aliphatic carbocycles. The summed E-state index contributed by atoms with van der Waals surface area (Å²) in [6.07, 6.45) is 4.38. The van der Waals surface area contributed by atoms with Crippen LogP contribution in [0.25, 0.3) is 0 Å². The van der Waals surface area contributed by atoms with Crippen LogP contribution in [0.5, 0.6) is 0 Å². The molecule has 2 rings (SSSR count). The van der Waals surface area contributed by atoms with Gasteiger partial charge in [0.1, 0.15) is 5.82 Å². The zero-order chi connectivity index (χ0) is 13.0. The summed E-state index contributed by atoms with van der Waals surface area (Å²) < 4.78 is 13.1. The van der Waals surface area contributed by atoms with Crippen molar-refractivity contribution in [3.05, 3.63) is 35.6 Å². The van der Waals surface area contributed by atoms with Crippen LogP contribution >= 0.6 is 0 Å². The van der Waals surface area contributed by atoms with Crippen molar-refractivity contribution in [2.75, 3.05) is 27.2 Å². The Hall–Kier alpha value is -0.930. The van der Waals surface area contributed by atoms with Crippen LogP contribution in [0.2, 0.25) is 0 Å². The lowest BCUT2D eigenvalue weighted by Gasteiger charge is -2.41. The standard InChI is InChI=1S/C15H23FN2/c1-17-15(8-10-18(2)11-9-15)7-6-13-4-3-5-14(16)12-13/h3-5,12,17H,6-11H2,1-2H3. The molecule has 0 amide bonds. The van der Waals surface area contributed by atoms with Crippen LogP contribution in [0.1, 0.15) is 24.8 Å². The van der Waals surface area contributed by atoms with Crippen molar-refractivity contribution < 1.29 is 4.39 Å². The van der Waals surface area contributed by atoms with Gasteiger partial charge in [-0.05, 0) is 70.6 Å². The van der Waals surface area contributed by atoms with Crippen molar-refractivity contribution in [1.29, 1.82) is 0 Å². The van der Waals surface area contributed by atoms with Crippen LogP contribution in [0.15, 0.2) is 24.3 Å². The van der Waals surface area contributed by atoms with E-state index in [1.165, 1.54) is 18.9 Å². The fourth-order valence-corrected chi connectivity index (χ4v) is 2.75. The quantitative estimate of drug-likeness (QED) is 0.883. The first-order chi connectivity index (χ1) is 8.63. The van der Waals surface area contributed by atoms with Gasteiger partial charge in [-0.25, -0.2) is 4.39 Å². The molecule has 1 aromatic carbocycles. The van der Waals surface area contributed by atoms with Gasteiger partial charge in [0.15, 0.2) is 0 Å². The number of halogens is 1. The van der Waals surface area contributed by atoms with Crippen LogP contribution in [-0.4, -0.2) is 37.6 Å². The highest BCUT2D eigenvalue weighted by Crippen LogP contribution is 2.26. The maximum atomic E-state index is 13.1. The minimum atomic E-state index is -0.130. The highest BCUT2D eigenvalue weighted by Gasteiger charge is 2.31. The van der Waals surface area contributed by atoms with Crippen molar-refractivity contribution in [2.24, 2.45) is 0 Å². The van der Waals surface area contributed by atoms with Gasteiger partial charge in [-0.3, -0.25) is 0 Å². The summed E-state index contributed by atoms with van der Waals surface area (Å²) in [6.45, 7) is 2.29. The molecule has 0 atom stereocenters. The third-order valence-corrected chi connectivity index (χ3v) is 4.26. The van der Waals surface area contributed by atoms with E-state index < -0.39 is 0 Å².